The molecule has 4 rings (SSSR count). The third-order valence-electron chi connectivity index (χ3n) is 5.59. The topological polar surface area (TPSA) is 78.3 Å². The average Bonchev–Trinajstić information content (AvgIpc) is 3.39. The van der Waals surface area contributed by atoms with E-state index in [4.69, 9.17) is 18.6 Å². The molecule has 0 bridgehead atoms. The van der Waals surface area contributed by atoms with E-state index in [1.165, 1.54) is 7.11 Å². The molecule has 0 N–H and O–H groups in total. The van der Waals surface area contributed by atoms with Gasteiger partial charge < -0.3 is 18.6 Å². The van der Waals surface area contributed by atoms with E-state index in [2.05, 4.69) is 0 Å². The van der Waals surface area contributed by atoms with Gasteiger partial charge in [0.05, 0.1) is 25.0 Å². The Morgan fingerprint density at radius 3 is 2.78 bits per heavy atom. The summed E-state index contributed by atoms with van der Waals surface area (Å²) in [7, 11) is 1.53. The third-order valence-corrected chi connectivity index (χ3v) is 5.59. The number of hydrogen-bond acceptors (Lipinski definition) is 6. The molecule has 1 fully saturated rings. The van der Waals surface area contributed by atoms with E-state index in [0.29, 0.717) is 22.5 Å². The van der Waals surface area contributed by atoms with Crippen LogP contribution in [-0.4, -0.2) is 31.1 Å². The SMILES string of the molecule is C/C=C(/C)C(=O)OCc1c2c(c(OC)c3occ(C)c13)C(=O)[C@H]1O[C@H]1C2C. The van der Waals surface area contributed by atoms with Crippen molar-refractivity contribution in [2.45, 2.75) is 52.4 Å². The smallest absolute Gasteiger partial charge is 0.333 e. The Hall–Kier alpha value is -2.60. The number of allylic oxidation sites excluding steroid dienone is 1. The molecule has 0 saturated carbocycles. The van der Waals surface area contributed by atoms with Gasteiger partial charge in [0.1, 0.15) is 12.7 Å². The molecule has 6 nitrogen and oxygen atoms in total. The Balaban J connectivity index is 1.93. The van der Waals surface area contributed by atoms with Crippen LogP contribution in [0.25, 0.3) is 11.0 Å². The highest BCUT2D eigenvalue weighted by Crippen LogP contribution is 2.51. The van der Waals surface area contributed by atoms with E-state index >= 15 is 0 Å². The number of fused-ring (bicyclic) bond motifs is 3. The van der Waals surface area contributed by atoms with Crippen LogP contribution in [0.15, 0.2) is 22.3 Å². The van der Waals surface area contributed by atoms with Gasteiger partial charge in [-0.25, -0.2) is 4.79 Å². The fourth-order valence-corrected chi connectivity index (χ4v) is 3.99. The molecule has 1 aliphatic carbocycles. The Morgan fingerprint density at radius 2 is 2.11 bits per heavy atom. The molecule has 3 atom stereocenters. The number of ether oxygens (including phenoxy) is 3. The number of carbonyl (C=O) groups is 2. The summed E-state index contributed by atoms with van der Waals surface area (Å²) in [6.07, 6.45) is 2.79. The minimum absolute atomic E-state index is 0.00758. The molecule has 2 aliphatic rings. The molecular formula is C21H22O6. The van der Waals surface area contributed by atoms with Gasteiger partial charge in [0.25, 0.3) is 0 Å². The number of benzene rings is 1. The number of methoxy groups -OCH3 is 1. The molecule has 0 radical (unpaired) electrons. The molecule has 1 unspecified atom stereocenters. The lowest BCUT2D eigenvalue weighted by Crippen LogP contribution is -2.26. The maximum absolute atomic E-state index is 12.9. The minimum atomic E-state index is -0.421. The number of ketones is 1. The van der Waals surface area contributed by atoms with Gasteiger partial charge in [0.15, 0.2) is 17.1 Å². The number of furan rings is 1. The molecule has 0 amide bonds. The monoisotopic (exact) mass is 370 g/mol. The van der Waals surface area contributed by atoms with Crippen molar-refractivity contribution in [1.82, 2.24) is 0 Å². The molecule has 142 valence electrons. The largest absolute Gasteiger partial charge is 0.492 e. The third kappa shape index (κ3) is 2.51. The normalized spacial score (nSPS) is 23.8. The summed E-state index contributed by atoms with van der Waals surface area (Å²) < 4.78 is 22.4. The highest BCUT2D eigenvalue weighted by atomic mass is 16.6. The highest BCUT2D eigenvalue weighted by Gasteiger charge is 2.55. The van der Waals surface area contributed by atoms with Crippen LogP contribution >= 0.6 is 0 Å². The summed E-state index contributed by atoms with van der Waals surface area (Å²) in [5, 5.41) is 0.829. The first-order valence-corrected chi connectivity index (χ1v) is 9.00. The molecule has 6 heteroatoms. The predicted molar refractivity (Wildman–Crippen MR) is 98.1 cm³/mol. The lowest BCUT2D eigenvalue weighted by Gasteiger charge is -2.24. The van der Waals surface area contributed by atoms with Gasteiger partial charge in [-0.1, -0.05) is 13.0 Å². The van der Waals surface area contributed by atoms with Crippen molar-refractivity contribution in [3.05, 3.63) is 40.2 Å². The van der Waals surface area contributed by atoms with Gasteiger partial charge in [-0.3, -0.25) is 4.79 Å². The first-order valence-electron chi connectivity index (χ1n) is 9.00. The second-order valence-corrected chi connectivity index (χ2v) is 7.15. The molecular weight excluding hydrogens is 348 g/mol. The number of aryl methyl sites for hydroxylation is 1. The van der Waals surface area contributed by atoms with Crippen molar-refractivity contribution in [2.24, 2.45) is 0 Å². The summed E-state index contributed by atoms with van der Waals surface area (Å²) in [5.74, 6) is -0.0600. The van der Waals surface area contributed by atoms with E-state index in [9.17, 15) is 9.59 Å². The quantitative estimate of drug-likeness (QED) is 0.462. The van der Waals surface area contributed by atoms with Crippen molar-refractivity contribution in [3.63, 3.8) is 0 Å². The second kappa shape index (κ2) is 6.23. The van der Waals surface area contributed by atoms with Crippen molar-refractivity contribution >= 4 is 22.7 Å². The van der Waals surface area contributed by atoms with Gasteiger partial charge in [-0.2, -0.15) is 0 Å². The maximum Gasteiger partial charge on any atom is 0.333 e. The predicted octanol–water partition coefficient (Wildman–Crippen LogP) is 3.83. The van der Waals surface area contributed by atoms with Crippen LogP contribution in [0.2, 0.25) is 0 Å². The first-order chi connectivity index (χ1) is 12.9. The Kier molecular flexibility index (Phi) is 4.11. The molecule has 1 saturated heterocycles. The minimum Gasteiger partial charge on any atom is -0.492 e. The molecule has 2 heterocycles. The average molecular weight is 370 g/mol. The Morgan fingerprint density at radius 1 is 1.37 bits per heavy atom. The van der Waals surface area contributed by atoms with Crippen LogP contribution < -0.4 is 4.74 Å². The zero-order valence-corrected chi connectivity index (χ0v) is 16.0. The van der Waals surface area contributed by atoms with E-state index < -0.39 is 6.10 Å². The summed E-state index contributed by atoms with van der Waals surface area (Å²) in [6.45, 7) is 7.50. The Labute approximate surface area is 157 Å². The summed E-state index contributed by atoms with van der Waals surface area (Å²) in [6, 6.07) is 0. The molecule has 2 aromatic rings. The van der Waals surface area contributed by atoms with E-state index in [-0.39, 0.29) is 30.4 Å². The van der Waals surface area contributed by atoms with Crippen LogP contribution in [0.5, 0.6) is 5.75 Å². The number of carbonyl (C=O) groups excluding carboxylic acids is 2. The number of rotatable bonds is 4. The molecule has 1 aromatic heterocycles. The van der Waals surface area contributed by atoms with Crippen LogP contribution in [0.1, 0.15) is 53.7 Å². The molecule has 1 aliphatic heterocycles. The van der Waals surface area contributed by atoms with Gasteiger partial charge in [0.2, 0.25) is 0 Å². The maximum atomic E-state index is 12.9. The van der Waals surface area contributed by atoms with Crippen LogP contribution in [0.4, 0.5) is 0 Å². The van der Waals surface area contributed by atoms with Gasteiger partial charge in [-0.15, -0.1) is 0 Å². The lowest BCUT2D eigenvalue weighted by molar-refractivity contribution is -0.140. The zero-order chi connectivity index (χ0) is 19.5. The van der Waals surface area contributed by atoms with Crippen molar-refractivity contribution in [2.75, 3.05) is 7.11 Å². The number of epoxide rings is 1. The summed E-state index contributed by atoms with van der Waals surface area (Å²) in [5.41, 5.74) is 4.05. The van der Waals surface area contributed by atoms with E-state index in [1.54, 1.807) is 26.2 Å². The fourth-order valence-electron chi connectivity index (χ4n) is 3.99. The number of Topliss-reactive ketones (excluding diaryl/α,β-unsaturated/α-hetero) is 1. The standard InChI is InChI=1S/C21H22O6/c1-6-9(2)21(23)26-8-12-13-10(3)7-25-19(13)18(24-5)15-14(12)11(4)17-20(27-17)16(15)22/h6-7,11,17,20H,8H2,1-5H3/b9-6-/t11?,17-,20+/m0/s1. The van der Waals surface area contributed by atoms with Crippen molar-refractivity contribution < 1.29 is 28.2 Å². The van der Waals surface area contributed by atoms with Crippen LogP contribution in [0.3, 0.4) is 0 Å². The molecule has 1 aromatic carbocycles. The number of esters is 1. The van der Waals surface area contributed by atoms with Crippen molar-refractivity contribution in [3.8, 4) is 5.75 Å². The van der Waals surface area contributed by atoms with Gasteiger partial charge in [-0.05, 0) is 31.9 Å². The zero-order valence-electron chi connectivity index (χ0n) is 16.0. The first kappa shape index (κ1) is 17.8. The summed E-state index contributed by atoms with van der Waals surface area (Å²) >= 11 is 0. The fraction of sp³-hybridized carbons (Fsp3) is 0.429. The molecule has 0 spiro atoms. The Bertz CT molecular complexity index is 996. The van der Waals surface area contributed by atoms with Crippen LogP contribution in [0, 0.1) is 6.92 Å². The number of hydrogen-bond donors (Lipinski definition) is 0. The van der Waals surface area contributed by atoms with E-state index in [1.807, 2.05) is 13.8 Å². The molecule has 27 heavy (non-hydrogen) atoms. The summed E-state index contributed by atoms with van der Waals surface area (Å²) in [4.78, 5) is 25.1. The highest BCUT2D eigenvalue weighted by molar-refractivity contribution is 6.11. The lowest BCUT2D eigenvalue weighted by atomic mass is 9.78. The second-order valence-electron chi connectivity index (χ2n) is 7.15. The van der Waals surface area contributed by atoms with Gasteiger partial charge in [0, 0.05) is 22.4 Å². The van der Waals surface area contributed by atoms with Crippen LogP contribution in [-0.2, 0) is 20.9 Å². The van der Waals surface area contributed by atoms with E-state index in [0.717, 1.165) is 22.1 Å². The van der Waals surface area contributed by atoms with Gasteiger partial charge >= 0.3 is 5.97 Å². The van der Waals surface area contributed by atoms with Crippen molar-refractivity contribution in [1.29, 1.82) is 0 Å².